The first-order chi connectivity index (χ1) is 12.3. The average Bonchev–Trinajstić information content (AvgIpc) is 3.11. The lowest BCUT2D eigenvalue weighted by Gasteiger charge is -2.17. The van der Waals surface area contributed by atoms with Gasteiger partial charge in [0.2, 0.25) is 5.95 Å². The molecule has 1 aromatic carbocycles. The van der Waals surface area contributed by atoms with E-state index in [0.29, 0.717) is 29.3 Å². The molecule has 0 spiro atoms. The van der Waals surface area contributed by atoms with Crippen LogP contribution in [-0.2, 0) is 0 Å². The van der Waals surface area contributed by atoms with Gasteiger partial charge in [-0.15, -0.1) is 0 Å². The Hall–Kier alpha value is -3.55. The molecule has 25 heavy (non-hydrogen) atoms. The van der Waals surface area contributed by atoms with E-state index in [1.165, 1.54) is 0 Å². The van der Waals surface area contributed by atoms with Gasteiger partial charge < -0.3 is 5.32 Å². The van der Waals surface area contributed by atoms with Crippen molar-refractivity contribution < 1.29 is 4.79 Å². The van der Waals surface area contributed by atoms with Crippen LogP contribution in [0.2, 0.25) is 0 Å². The summed E-state index contributed by atoms with van der Waals surface area (Å²) in [6, 6.07) is 7.26. The molecule has 0 fully saturated rings. The summed E-state index contributed by atoms with van der Waals surface area (Å²) in [5.41, 5.74) is 2.86. The van der Waals surface area contributed by atoms with E-state index in [1.54, 1.807) is 37.9 Å². The van der Waals surface area contributed by atoms with Gasteiger partial charge >= 0.3 is 0 Å². The van der Waals surface area contributed by atoms with Crippen molar-refractivity contribution in [3.05, 3.63) is 54.6 Å². The Morgan fingerprint density at radius 3 is 2.76 bits per heavy atom. The van der Waals surface area contributed by atoms with Gasteiger partial charge in [0, 0.05) is 30.7 Å². The predicted molar refractivity (Wildman–Crippen MR) is 95.0 cm³/mol. The van der Waals surface area contributed by atoms with Crippen molar-refractivity contribution in [3.8, 4) is 5.69 Å². The van der Waals surface area contributed by atoms with E-state index in [9.17, 15) is 4.79 Å². The minimum Gasteiger partial charge on any atom is -0.355 e. The Balaban J connectivity index is 1.73. The van der Waals surface area contributed by atoms with Crippen molar-refractivity contribution in [3.63, 3.8) is 0 Å². The van der Waals surface area contributed by atoms with Crippen LogP contribution in [0, 0.1) is 0 Å². The van der Waals surface area contributed by atoms with E-state index in [4.69, 9.17) is 0 Å². The summed E-state index contributed by atoms with van der Waals surface area (Å²) < 4.78 is 1.87. The Kier molecular flexibility index (Phi) is 3.70. The lowest BCUT2D eigenvalue weighted by molar-refractivity contribution is 0.0963. The minimum atomic E-state index is -0.121. The lowest BCUT2D eigenvalue weighted by atomic mass is 10.2. The number of nitrogens with zero attached hydrogens (tertiary/aromatic N) is 6. The molecule has 1 aliphatic heterocycles. The maximum Gasteiger partial charge on any atom is 0.251 e. The van der Waals surface area contributed by atoms with E-state index in [-0.39, 0.29) is 5.91 Å². The predicted octanol–water partition coefficient (Wildman–Crippen LogP) is 1.54. The number of carbonyl (C=O) groups is 1. The number of anilines is 1. The summed E-state index contributed by atoms with van der Waals surface area (Å²) in [5.74, 6) is 0.438. The first-order valence-electron chi connectivity index (χ1n) is 7.72. The Labute approximate surface area is 143 Å². The average molecular weight is 333 g/mol. The molecule has 1 amide bonds. The number of allylic oxidation sites excluding steroid dienone is 1. The molecule has 1 aliphatic rings. The zero-order valence-electron chi connectivity index (χ0n) is 13.5. The fourth-order valence-corrected chi connectivity index (χ4v) is 2.56. The maximum absolute atomic E-state index is 11.7. The topological polar surface area (TPSA) is 88.3 Å². The summed E-state index contributed by atoms with van der Waals surface area (Å²) in [6.45, 7) is 0.483. The highest BCUT2D eigenvalue weighted by atomic mass is 16.1. The van der Waals surface area contributed by atoms with E-state index in [0.717, 1.165) is 5.69 Å². The van der Waals surface area contributed by atoms with Gasteiger partial charge in [0.15, 0.2) is 5.65 Å². The lowest BCUT2D eigenvalue weighted by Crippen LogP contribution is -2.20. The van der Waals surface area contributed by atoms with Crippen molar-refractivity contribution in [1.82, 2.24) is 24.8 Å². The van der Waals surface area contributed by atoms with Gasteiger partial charge in [-0.25, -0.2) is 9.97 Å². The number of carbonyl (C=O) groups excluding carboxylic acids is 1. The van der Waals surface area contributed by atoms with E-state index < -0.39 is 0 Å². The Morgan fingerprint density at radius 2 is 2.04 bits per heavy atom. The Bertz CT molecular complexity index is 988. The number of aromatic nitrogens is 4. The molecule has 0 saturated carbocycles. The highest BCUT2D eigenvalue weighted by molar-refractivity contribution is 5.94. The molecule has 0 unspecified atom stereocenters. The highest BCUT2D eigenvalue weighted by Crippen LogP contribution is 2.19. The summed E-state index contributed by atoms with van der Waals surface area (Å²) in [7, 11) is 1.61. The molecule has 1 N–H and O–H groups in total. The molecule has 0 saturated heterocycles. The number of fused-ring (bicyclic) bond motifs is 1. The number of nitrogens with one attached hydrogen (secondary N) is 1. The standard InChI is InChI=1S/C17H15N7O/c1-18-16(25)12-3-5-13(6-4-12)24-11-21-14-9-20-17(22-15(14)24)23-8-2-7-19-10-23/h2-9,11H,10H2,1H3,(H,18,25). The first-order valence-corrected chi connectivity index (χ1v) is 7.72. The molecule has 0 radical (unpaired) electrons. The molecule has 3 aromatic rings. The van der Waals surface area contributed by atoms with E-state index in [1.807, 2.05) is 33.9 Å². The van der Waals surface area contributed by atoms with Gasteiger partial charge in [-0.3, -0.25) is 19.3 Å². The highest BCUT2D eigenvalue weighted by Gasteiger charge is 2.13. The van der Waals surface area contributed by atoms with Crippen molar-refractivity contribution in [2.24, 2.45) is 4.99 Å². The maximum atomic E-state index is 11.7. The number of hydrogen-bond acceptors (Lipinski definition) is 6. The van der Waals surface area contributed by atoms with Gasteiger partial charge in [0.25, 0.3) is 5.91 Å². The van der Waals surface area contributed by atoms with Crippen LogP contribution in [0.15, 0.2) is 54.1 Å². The molecule has 8 nitrogen and oxygen atoms in total. The smallest absolute Gasteiger partial charge is 0.251 e. The largest absolute Gasteiger partial charge is 0.355 e. The van der Waals surface area contributed by atoms with Crippen LogP contribution < -0.4 is 10.2 Å². The number of hydrogen-bond donors (Lipinski definition) is 1. The van der Waals surface area contributed by atoms with Crippen molar-refractivity contribution in [2.45, 2.75) is 0 Å². The van der Waals surface area contributed by atoms with Crippen LogP contribution in [0.3, 0.4) is 0 Å². The summed E-state index contributed by atoms with van der Waals surface area (Å²) in [6.07, 6.45) is 8.85. The monoisotopic (exact) mass is 333 g/mol. The number of benzene rings is 1. The van der Waals surface area contributed by atoms with Crippen molar-refractivity contribution in [2.75, 3.05) is 18.6 Å². The molecule has 2 aromatic heterocycles. The summed E-state index contributed by atoms with van der Waals surface area (Å²) in [4.78, 5) is 31.0. The van der Waals surface area contributed by atoms with Gasteiger partial charge in [-0.1, -0.05) is 0 Å². The van der Waals surface area contributed by atoms with Crippen LogP contribution in [0.1, 0.15) is 10.4 Å². The van der Waals surface area contributed by atoms with E-state index >= 15 is 0 Å². The summed E-state index contributed by atoms with van der Waals surface area (Å²) >= 11 is 0. The third-order valence-corrected chi connectivity index (χ3v) is 3.86. The Morgan fingerprint density at radius 1 is 1.20 bits per heavy atom. The van der Waals surface area contributed by atoms with Crippen LogP contribution in [0.4, 0.5) is 5.95 Å². The fourth-order valence-electron chi connectivity index (χ4n) is 2.56. The van der Waals surface area contributed by atoms with Gasteiger partial charge in [0.05, 0.1) is 6.20 Å². The third-order valence-electron chi connectivity index (χ3n) is 3.86. The van der Waals surface area contributed by atoms with Crippen LogP contribution in [-0.4, -0.2) is 45.4 Å². The second kappa shape index (κ2) is 6.16. The molecule has 4 rings (SSSR count). The number of amides is 1. The third kappa shape index (κ3) is 2.74. The molecule has 0 aliphatic carbocycles. The first kappa shape index (κ1) is 15.0. The molecule has 0 bridgehead atoms. The number of imidazole rings is 1. The quantitative estimate of drug-likeness (QED) is 0.785. The molecular weight excluding hydrogens is 318 g/mol. The zero-order chi connectivity index (χ0) is 17.2. The van der Waals surface area contributed by atoms with Crippen molar-refractivity contribution in [1.29, 1.82) is 0 Å². The zero-order valence-corrected chi connectivity index (χ0v) is 13.5. The minimum absolute atomic E-state index is 0.121. The van der Waals surface area contributed by atoms with Gasteiger partial charge in [-0.05, 0) is 30.3 Å². The number of rotatable bonds is 3. The SMILES string of the molecule is CNC(=O)c1ccc(-n2cnc3cnc(N4C=CC=NC4)nc32)cc1. The van der Waals surface area contributed by atoms with Crippen molar-refractivity contribution >= 4 is 29.2 Å². The molecular formula is C17H15N7O. The molecule has 124 valence electrons. The normalized spacial score (nSPS) is 13.4. The van der Waals surface area contributed by atoms with Crippen LogP contribution >= 0.6 is 0 Å². The second-order valence-electron chi connectivity index (χ2n) is 5.40. The molecule has 0 atom stereocenters. The van der Waals surface area contributed by atoms with Gasteiger partial charge in [-0.2, -0.15) is 4.98 Å². The second-order valence-corrected chi connectivity index (χ2v) is 5.40. The molecule has 3 heterocycles. The fraction of sp³-hybridized carbons (Fsp3) is 0.118. The molecule has 8 heteroatoms. The summed E-state index contributed by atoms with van der Waals surface area (Å²) in [5, 5.41) is 2.61. The van der Waals surface area contributed by atoms with Crippen LogP contribution in [0.25, 0.3) is 16.9 Å². The van der Waals surface area contributed by atoms with Gasteiger partial charge in [0.1, 0.15) is 18.5 Å². The van der Waals surface area contributed by atoms with E-state index in [2.05, 4.69) is 25.3 Å². The number of aliphatic imine (C=N–C) groups is 1. The van der Waals surface area contributed by atoms with Crippen LogP contribution in [0.5, 0.6) is 0 Å².